The quantitative estimate of drug-likeness (QED) is 0.863. The molecule has 0 bridgehead atoms. The lowest BCUT2D eigenvalue weighted by Gasteiger charge is -2.28. The van der Waals surface area contributed by atoms with Crippen LogP contribution in [0.2, 0.25) is 0 Å². The van der Waals surface area contributed by atoms with Crippen LogP contribution in [0.3, 0.4) is 0 Å². The van der Waals surface area contributed by atoms with Crippen molar-refractivity contribution in [2.24, 2.45) is 4.99 Å². The molecule has 3 nitrogen and oxygen atoms in total. The molecule has 3 heteroatoms. The number of fused-ring (bicyclic) bond motifs is 1. The van der Waals surface area contributed by atoms with Gasteiger partial charge in [-0.05, 0) is 18.1 Å². The first-order valence-electron chi connectivity index (χ1n) is 6.40. The Morgan fingerprint density at radius 2 is 2.29 bits per heavy atom. The second kappa shape index (κ2) is 4.06. The summed E-state index contributed by atoms with van der Waals surface area (Å²) in [5, 5.41) is 3.38. The third-order valence-corrected chi connectivity index (χ3v) is 3.51. The normalized spacial score (nSPS) is 26.1. The van der Waals surface area contributed by atoms with Gasteiger partial charge in [-0.2, -0.15) is 0 Å². The van der Waals surface area contributed by atoms with Crippen molar-refractivity contribution in [3.05, 3.63) is 29.8 Å². The third kappa shape index (κ3) is 1.70. The smallest absolute Gasteiger partial charge is 0.169 e. The van der Waals surface area contributed by atoms with Crippen LogP contribution in [0.15, 0.2) is 29.3 Å². The van der Waals surface area contributed by atoms with Gasteiger partial charge in [0.25, 0.3) is 0 Å². The standard InChI is InChI=1S/C14H18N2O/c1-2-7-14(13-15-8-9-16-13)10-11-5-3-4-6-12(11)17-14/h3-6H,2,7-10H2,1H3,(H,15,16). The number of amidine groups is 1. The van der Waals surface area contributed by atoms with Gasteiger partial charge in [0, 0.05) is 13.0 Å². The lowest BCUT2D eigenvalue weighted by atomic mass is 9.91. The minimum atomic E-state index is -0.227. The first kappa shape index (κ1) is 10.6. The fourth-order valence-corrected chi connectivity index (χ4v) is 2.80. The number of hydrogen-bond donors (Lipinski definition) is 1. The van der Waals surface area contributed by atoms with Gasteiger partial charge in [-0.3, -0.25) is 4.99 Å². The first-order chi connectivity index (χ1) is 8.34. The van der Waals surface area contributed by atoms with Gasteiger partial charge in [-0.15, -0.1) is 0 Å². The number of rotatable bonds is 3. The third-order valence-electron chi connectivity index (χ3n) is 3.51. The van der Waals surface area contributed by atoms with Crippen LogP contribution in [0.5, 0.6) is 5.75 Å². The molecule has 2 heterocycles. The molecule has 0 fully saturated rings. The lowest BCUT2D eigenvalue weighted by Crippen LogP contribution is -2.48. The average Bonchev–Trinajstić information content (AvgIpc) is 2.96. The maximum Gasteiger partial charge on any atom is 0.169 e. The fourth-order valence-electron chi connectivity index (χ4n) is 2.80. The number of aliphatic imine (C=N–C) groups is 1. The molecular formula is C14H18N2O. The Morgan fingerprint density at radius 1 is 1.41 bits per heavy atom. The van der Waals surface area contributed by atoms with E-state index in [1.807, 2.05) is 6.07 Å². The number of nitrogens with zero attached hydrogens (tertiary/aromatic N) is 1. The molecule has 0 spiro atoms. The van der Waals surface area contributed by atoms with Crippen molar-refractivity contribution in [3.8, 4) is 5.75 Å². The van der Waals surface area contributed by atoms with Crippen LogP contribution in [0.1, 0.15) is 25.3 Å². The molecule has 0 aromatic heterocycles. The highest BCUT2D eigenvalue weighted by atomic mass is 16.5. The lowest BCUT2D eigenvalue weighted by molar-refractivity contribution is 0.154. The molecule has 1 unspecified atom stereocenters. The van der Waals surface area contributed by atoms with Gasteiger partial charge in [-0.1, -0.05) is 31.5 Å². The van der Waals surface area contributed by atoms with E-state index >= 15 is 0 Å². The highest BCUT2D eigenvalue weighted by Crippen LogP contribution is 2.38. The molecule has 1 atom stereocenters. The summed E-state index contributed by atoms with van der Waals surface area (Å²) < 4.78 is 6.23. The van der Waals surface area contributed by atoms with E-state index in [-0.39, 0.29) is 5.60 Å². The molecule has 1 aromatic rings. The van der Waals surface area contributed by atoms with Crippen LogP contribution < -0.4 is 10.1 Å². The number of ether oxygens (including phenoxy) is 1. The van der Waals surface area contributed by atoms with E-state index in [4.69, 9.17) is 4.74 Å². The highest BCUT2D eigenvalue weighted by Gasteiger charge is 2.44. The van der Waals surface area contributed by atoms with Crippen molar-refractivity contribution >= 4 is 5.84 Å². The van der Waals surface area contributed by atoms with Crippen LogP contribution in [0.25, 0.3) is 0 Å². The summed E-state index contributed by atoms with van der Waals surface area (Å²) in [6.45, 7) is 4.02. The van der Waals surface area contributed by atoms with E-state index in [9.17, 15) is 0 Å². The molecule has 0 saturated heterocycles. The molecule has 3 rings (SSSR count). The van der Waals surface area contributed by atoms with Gasteiger partial charge in [0.05, 0.1) is 6.54 Å². The van der Waals surface area contributed by atoms with Gasteiger partial charge in [0.1, 0.15) is 11.6 Å². The molecule has 0 aliphatic carbocycles. The molecule has 0 radical (unpaired) electrons. The zero-order chi connectivity index (χ0) is 11.7. The summed E-state index contributed by atoms with van der Waals surface area (Å²) in [7, 11) is 0. The molecule has 0 amide bonds. The SMILES string of the molecule is CCCC1(C2=NCCN2)Cc2ccccc2O1. The van der Waals surface area contributed by atoms with Crippen LogP contribution in [0, 0.1) is 0 Å². The molecule has 1 aromatic carbocycles. The first-order valence-corrected chi connectivity index (χ1v) is 6.40. The van der Waals surface area contributed by atoms with E-state index in [2.05, 4.69) is 35.4 Å². The maximum atomic E-state index is 6.23. The van der Waals surface area contributed by atoms with Crippen LogP contribution >= 0.6 is 0 Å². The van der Waals surface area contributed by atoms with E-state index < -0.39 is 0 Å². The summed E-state index contributed by atoms with van der Waals surface area (Å²) in [5.74, 6) is 2.08. The molecule has 90 valence electrons. The van der Waals surface area contributed by atoms with Crippen LogP contribution in [-0.4, -0.2) is 24.5 Å². The van der Waals surface area contributed by atoms with Crippen molar-refractivity contribution in [2.75, 3.05) is 13.1 Å². The van der Waals surface area contributed by atoms with Gasteiger partial charge in [-0.25, -0.2) is 0 Å². The topological polar surface area (TPSA) is 33.6 Å². The summed E-state index contributed by atoms with van der Waals surface area (Å²) in [5.41, 5.74) is 1.08. The van der Waals surface area contributed by atoms with Crippen molar-refractivity contribution in [1.29, 1.82) is 0 Å². The van der Waals surface area contributed by atoms with Gasteiger partial charge >= 0.3 is 0 Å². The predicted molar refractivity (Wildman–Crippen MR) is 68.7 cm³/mol. The number of hydrogen-bond acceptors (Lipinski definition) is 3. The zero-order valence-corrected chi connectivity index (χ0v) is 10.2. The van der Waals surface area contributed by atoms with Crippen LogP contribution in [0.4, 0.5) is 0 Å². The summed E-state index contributed by atoms with van der Waals surface area (Å²) in [6.07, 6.45) is 3.07. The average molecular weight is 230 g/mol. The van der Waals surface area contributed by atoms with Crippen molar-refractivity contribution < 1.29 is 4.74 Å². The number of para-hydroxylation sites is 1. The minimum Gasteiger partial charge on any atom is -0.479 e. The Balaban J connectivity index is 1.94. The van der Waals surface area contributed by atoms with E-state index in [1.54, 1.807) is 0 Å². The number of benzene rings is 1. The summed E-state index contributed by atoms with van der Waals surface area (Å²) >= 11 is 0. The molecule has 0 saturated carbocycles. The largest absolute Gasteiger partial charge is 0.479 e. The maximum absolute atomic E-state index is 6.23. The number of nitrogens with one attached hydrogen (secondary N) is 1. The van der Waals surface area contributed by atoms with Gasteiger partial charge in [0.2, 0.25) is 0 Å². The zero-order valence-electron chi connectivity index (χ0n) is 10.2. The summed E-state index contributed by atoms with van der Waals surface area (Å²) in [6, 6.07) is 8.32. The second-order valence-corrected chi connectivity index (χ2v) is 4.79. The van der Waals surface area contributed by atoms with E-state index in [0.29, 0.717) is 0 Å². The molecule has 2 aliphatic rings. The predicted octanol–water partition coefficient (Wildman–Crippen LogP) is 2.16. The van der Waals surface area contributed by atoms with E-state index in [1.165, 1.54) is 5.56 Å². The van der Waals surface area contributed by atoms with Crippen molar-refractivity contribution in [3.63, 3.8) is 0 Å². The van der Waals surface area contributed by atoms with Gasteiger partial charge in [0.15, 0.2) is 5.60 Å². The molecule has 2 aliphatic heterocycles. The Morgan fingerprint density at radius 3 is 3.00 bits per heavy atom. The Hall–Kier alpha value is -1.51. The Bertz CT molecular complexity index is 428. The Labute approximate surface area is 102 Å². The summed E-state index contributed by atoms with van der Waals surface area (Å²) in [4.78, 5) is 4.57. The molecule has 1 N–H and O–H groups in total. The van der Waals surface area contributed by atoms with Gasteiger partial charge < -0.3 is 10.1 Å². The molecular weight excluding hydrogens is 212 g/mol. The fraction of sp³-hybridized carbons (Fsp3) is 0.500. The molecule has 17 heavy (non-hydrogen) atoms. The van der Waals surface area contributed by atoms with Crippen LogP contribution in [-0.2, 0) is 6.42 Å². The van der Waals surface area contributed by atoms with Crippen molar-refractivity contribution in [2.45, 2.75) is 31.8 Å². The van der Waals surface area contributed by atoms with Crippen molar-refractivity contribution in [1.82, 2.24) is 5.32 Å². The highest BCUT2D eigenvalue weighted by molar-refractivity contribution is 5.93. The van der Waals surface area contributed by atoms with E-state index in [0.717, 1.165) is 43.9 Å². The Kier molecular flexibility index (Phi) is 2.54. The monoisotopic (exact) mass is 230 g/mol. The minimum absolute atomic E-state index is 0.227. The second-order valence-electron chi connectivity index (χ2n) is 4.79.